The lowest BCUT2D eigenvalue weighted by Crippen LogP contribution is -2.36. The van der Waals surface area contributed by atoms with E-state index >= 15 is 0 Å². The number of amides is 1. The maximum atomic E-state index is 14.0. The van der Waals surface area contributed by atoms with E-state index in [9.17, 15) is 19.1 Å². The van der Waals surface area contributed by atoms with Crippen LogP contribution in [-0.4, -0.2) is 60.3 Å². The van der Waals surface area contributed by atoms with Gasteiger partial charge in [0.15, 0.2) is 6.10 Å². The van der Waals surface area contributed by atoms with Crippen molar-refractivity contribution in [1.82, 2.24) is 10.2 Å². The molecule has 2 aliphatic rings. The molecule has 1 aliphatic heterocycles. The number of fused-ring (bicyclic) bond motifs is 1. The highest BCUT2D eigenvalue weighted by atomic mass is 35.5. The number of carbonyl (C=O) groups excluding carboxylic acids is 1. The number of carboxylic acids is 1. The van der Waals surface area contributed by atoms with Crippen LogP contribution in [0.1, 0.15) is 42.3 Å². The van der Waals surface area contributed by atoms with Crippen molar-refractivity contribution in [3.05, 3.63) is 95.3 Å². The number of benzene rings is 3. The van der Waals surface area contributed by atoms with E-state index in [-0.39, 0.29) is 35.7 Å². The Labute approximate surface area is 252 Å². The van der Waals surface area contributed by atoms with Gasteiger partial charge in [0.2, 0.25) is 0 Å². The van der Waals surface area contributed by atoms with E-state index in [1.165, 1.54) is 12.1 Å². The van der Waals surface area contributed by atoms with E-state index in [0.717, 1.165) is 11.1 Å². The molecule has 4 atom stereocenters. The third kappa shape index (κ3) is 7.41. The average Bonchev–Trinajstić information content (AvgIpc) is 3.38. The molecule has 3 aromatic carbocycles. The number of hydrogen-bond donors (Lipinski definition) is 2. The minimum Gasteiger partial charge on any atom is -0.492 e. The van der Waals surface area contributed by atoms with Crippen LogP contribution in [0.4, 0.5) is 4.39 Å². The van der Waals surface area contributed by atoms with Crippen molar-refractivity contribution in [3.63, 3.8) is 0 Å². The zero-order valence-corrected chi connectivity index (χ0v) is 24.9. The first-order valence-corrected chi connectivity index (χ1v) is 14.1. The van der Waals surface area contributed by atoms with E-state index in [1.807, 2.05) is 48.5 Å². The molecule has 0 radical (unpaired) electrons. The van der Waals surface area contributed by atoms with Gasteiger partial charge in [0.05, 0.1) is 5.56 Å². The molecule has 0 spiro atoms. The number of halogens is 2. The van der Waals surface area contributed by atoms with Crippen molar-refractivity contribution < 1.29 is 28.6 Å². The standard InChI is InChI=1S/C33H37FN2O5.ClH/c1-33(2,3)22-10-14-24(15-11-22)41-29(32(38)39)18-21-8-12-23(13-9-21)40-17-16-35-30-26-19-36(20-27(26)30)31(37)25-6-4-5-7-28(25)34;/h4-15,26-27,29-30,35H,16-20H2,1-3H3,(H,38,39);1H/t26-,27?,29-,30+;/m0./s1. The lowest BCUT2D eigenvalue weighted by Gasteiger charge is -2.20. The number of piperidine rings is 1. The molecule has 2 fully saturated rings. The largest absolute Gasteiger partial charge is 0.492 e. The van der Waals surface area contributed by atoms with Crippen LogP contribution in [-0.2, 0) is 16.6 Å². The monoisotopic (exact) mass is 596 g/mol. The number of carbonyl (C=O) groups is 2. The summed E-state index contributed by atoms with van der Waals surface area (Å²) in [5, 5.41) is 13.2. The summed E-state index contributed by atoms with van der Waals surface area (Å²) >= 11 is 0. The van der Waals surface area contributed by atoms with Gasteiger partial charge in [0, 0.05) is 32.1 Å². The Balaban J connectivity index is 0.00000405. The molecule has 0 aromatic heterocycles. The number of nitrogens with zero attached hydrogens (tertiary/aromatic N) is 1. The van der Waals surface area contributed by atoms with Gasteiger partial charge in [0.25, 0.3) is 5.91 Å². The molecule has 1 heterocycles. The SMILES string of the molecule is CC(C)(C)c1ccc(O[C@@H](Cc2ccc(OCCN[C@H]3C4CN(C(=O)c5ccccc5F)C[C@@H]43)cc2)C(=O)O)cc1.Cl. The zero-order chi connectivity index (χ0) is 29.1. The average molecular weight is 597 g/mol. The van der Waals surface area contributed by atoms with Gasteiger partial charge in [-0.15, -0.1) is 12.4 Å². The van der Waals surface area contributed by atoms with Crippen molar-refractivity contribution in [3.8, 4) is 11.5 Å². The molecule has 0 bridgehead atoms. The quantitative estimate of drug-likeness (QED) is 0.290. The van der Waals surface area contributed by atoms with Crippen LogP contribution in [0.3, 0.4) is 0 Å². The van der Waals surface area contributed by atoms with E-state index < -0.39 is 17.9 Å². The molecule has 1 amide bonds. The highest BCUT2D eigenvalue weighted by Gasteiger charge is 2.56. The number of hydrogen-bond acceptors (Lipinski definition) is 5. The third-order valence-electron chi connectivity index (χ3n) is 7.95. The molecule has 2 N–H and O–H groups in total. The van der Waals surface area contributed by atoms with Crippen LogP contribution in [0.2, 0.25) is 0 Å². The normalized spacial score (nSPS) is 19.8. The van der Waals surface area contributed by atoms with Gasteiger partial charge in [-0.25, -0.2) is 9.18 Å². The van der Waals surface area contributed by atoms with Crippen LogP contribution < -0.4 is 14.8 Å². The van der Waals surface area contributed by atoms with Gasteiger partial charge in [-0.3, -0.25) is 4.79 Å². The van der Waals surface area contributed by atoms with Crippen molar-refractivity contribution in [2.45, 2.75) is 44.8 Å². The van der Waals surface area contributed by atoms with Crippen molar-refractivity contribution >= 4 is 24.3 Å². The molecule has 5 rings (SSSR count). The van der Waals surface area contributed by atoms with Crippen LogP contribution in [0.15, 0.2) is 72.8 Å². The number of likely N-dealkylation sites (tertiary alicyclic amines) is 1. The summed E-state index contributed by atoms with van der Waals surface area (Å²) < 4.78 is 25.6. The van der Waals surface area contributed by atoms with E-state index in [2.05, 4.69) is 26.1 Å². The summed E-state index contributed by atoms with van der Waals surface area (Å²) in [5.74, 6) is 0.296. The van der Waals surface area contributed by atoms with Crippen LogP contribution in [0.5, 0.6) is 11.5 Å². The third-order valence-corrected chi connectivity index (χ3v) is 7.95. The van der Waals surface area contributed by atoms with Crippen LogP contribution in [0.25, 0.3) is 0 Å². The Hall–Kier alpha value is -3.62. The lowest BCUT2D eigenvalue weighted by molar-refractivity contribution is -0.145. The van der Waals surface area contributed by atoms with Crippen molar-refractivity contribution in [2.75, 3.05) is 26.2 Å². The molecular formula is C33H38ClFN2O5. The van der Waals surface area contributed by atoms with Crippen molar-refractivity contribution in [2.24, 2.45) is 11.8 Å². The number of ether oxygens (including phenoxy) is 2. The first kappa shape index (κ1) is 31.3. The molecule has 1 saturated carbocycles. The van der Waals surface area contributed by atoms with E-state index in [1.54, 1.807) is 17.0 Å². The topological polar surface area (TPSA) is 88.1 Å². The molecule has 224 valence electrons. The fourth-order valence-electron chi connectivity index (χ4n) is 5.51. The summed E-state index contributed by atoms with van der Waals surface area (Å²) in [6.07, 6.45) is -0.763. The first-order valence-electron chi connectivity index (χ1n) is 14.1. The van der Waals surface area contributed by atoms with Gasteiger partial charge in [-0.1, -0.05) is 57.2 Å². The lowest BCUT2D eigenvalue weighted by atomic mass is 9.87. The fraction of sp³-hybridized carbons (Fsp3) is 0.394. The Morgan fingerprint density at radius 2 is 1.60 bits per heavy atom. The first-order chi connectivity index (χ1) is 19.6. The van der Waals surface area contributed by atoms with Gasteiger partial charge >= 0.3 is 5.97 Å². The molecular weight excluding hydrogens is 559 g/mol. The summed E-state index contributed by atoms with van der Waals surface area (Å²) in [5.41, 5.74) is 2.14. The van der Waals surface area contributed by atoms with E-state index in [4.69, 9.17) is 9.47 Å². The summed E-state index contributed by atoms with van der Waals surface area (Å²) in [4.78, 5) is 26.2. The maximum Gasteiger partial charge on any atom is 0.345 e. The second-order valence-corrected chi connectivity index (χ2v) is 11.9. The molecule has 1 unspecified atom stereocenters. The Morgan fingerprint density at radius 3 is 2.19 bits per heavy atom. The zero-order valence-electron chi connectivity index (χ0n) is 24.1. The Kier molecular flexibility index (Phi) is 9.79. The van der Waals surface area contributed by atoms with Gasteiger partial charge in [0.1, 0.15) is 23.9 Å². The Morgan fingerprint density at radius 1 is 0.976 bits per heavy atom. The van der Waals surface area contributed by atoms with Crippen LogP contribution in [0, 0.1) is 17.7 Å². The minimum absolute atomic E-state index is 0. The Bertz CT molecular complexity index is 1360. The van der Waals surface area contributed by atoms with Gasteiger partial charge in [-0.05, 0) is 64.8 Å². The number of aliphatic carboxylic acids is 1. The highest BCUT2D eigenvalue weighted by molar-refractivity contribution is 5.94. The molecule has 1 saturated heterocycles. The maximum absolute atomic E-state index is 14.0. The molecule has 42 heavy (non-hydrogen) atoms. The van der Waals surface area contributed by atoms with Crippen molar-refractivity contribution in [1.29, 1.82) is 0 Å². The predicted octanol–water partition coefficient (Wildman–Crippen LogP) is 5.36. The second kappa shape index (κ2) is 13.1. The van der Waals surface area contributed by atoms with Gasteiger partial charge in [-0.2, -0.15) is 0 Å². The minimum atomic E-state index is -1.01. The molecule has 3 aromatic rings. The second-order valence-electron chi connectivity index (χ2n) is 11.9. The predicted molar refractivity (Wildman–Crippen MR) is 161 cm³/mol. The van der Waals surface area contributed by atoms with E-state index in [0.29, 0.717) is 55.6 Å². The number of carboxylic acid groups (broad SMARTS) is 1. The fourth-order valence-corrected chi connectivity index (χ4v) is 5.51. The van der Waals surface area contributed by atoms with Gasteiger partial charge < -0.3 is 24.8 Å². The summed E-state index contributed by atoms with van der Waals surface area (Å²) in [7, 11) is 0. The number of rotatable bonds is 11. The molecule has 7 nitrogen and oxygen atoms in total. The van der Waals surface area contributed by atoms with Crippen LogP contribution >= 0.6 is 12.4 Å². The smallest absolute Gasteiger partial charge is 0.345 e. The molecule has 9 heteroatoms. The highest BCUT2D eigenvalue weighted by Crippen LogP contribution is 2.45. The number of nitrogens with one attached hydrogen (secondary N) is 1. The summed E-state index contributed by atoms with van der Waals surface area (Å²) in [6.45, 7) is 8.81. The molecule has 1 aliphatic carbocycles. The summed E-state index contributed by atoms with van der Waals surface area (Å²) in [6, 6.07) is 21.4.